The molecule has 2 fully saturated rings. The molecule has 0 aromatic carbocycles. The molecule has 0 bridgehead atoms. The van der Waals surface area contributed by atoms with Gasteiger partial charge in [0.15, 0.2) is 0 Å². The monoisotopic (exact) mass is 268 g/mol. The summed E-state index contributed by atoms with van der Waals surface area (Å²) >= 11 is 0. The molecule has 0 aromatic rings. The average molecular weight is 268 g/mol. The lowest BCUT2D eigenvalue weighted by molar-refractivity contribution is -0.139. The number of rotatable bonds is 5. The third-order valence-electron chi connectivity index (χ3n) is 4.33. The van der Waals surface area contributed by atoms with E-state index in [-0.39, 0.29) is 18.1 Å². The van der Waals surface area contributed by atoms with E-state index in [1.807, 2.05) is 6.92 Å². The van der Waals surface area contributed by atoms with Crippen LogP contribution in [0.2, 0.25) is 0 Å². The second-order valence-electron chi connectivity index (χ2n) is 6.53. The van der Waals surface area contributed by atoms with Gasteiger partial charge in [-0.2, -0.15) is 0 Å². The third kappa shape index (κ3) is 2.79. The smallest absolute Gasteiger partial charge is 0.241 e. The van der Waals surface area contributed by atoms with Crippen LogP contribution in [0.25, 0.3) is 0 Å². The first-order valence-corrected chi connectivity index (χ1v) is 7.65. The standard InChI is InChI=1S/C15H28N2O2/c1-6-19-12-7-11(8-12)17-14(10(4)5)16-13(9(2)3)15(17)18/h9-14,16H,6-8H2,1-5H3. The maximum Gasteiger partial charge on any atom is 0.241 e. The number of ether oxygens (including phenoxy) is 1. The van der Waals surface area contributed by atoms with Gasteiger partial charge in [0.25, 0.3) is 0 Å². The molecule has 2 atom stereocenters. The summed E-state index contributed by atoms with van der Waals surface area (Å²) in [6.07, 6.45) is 2.53. The minimum Gasteiger partial charge on any atom is -0.378 e. The molecule has 0 aromatic heterocycles. The summed E-state index contributed by atoms with van der Waals surface area (Å²) in [7, 11) is 0. The van der Waals surface area contributed by atoms with E-state index < -0.39 is 0 Å². The fourth-order valence-corrected chi connectivity index (χ4v) is 3.17. The molecular weight excluding hydrogens is 240 g/mol. The zero-order valence-corrected chi connectivity index (χ0v) is 12.8. The van der Waals surface area contributed by atoms with Crippen molar-refractivity contribution in [2.45, 2.75) is 71.8 Å². The molecular formula is C15H28N2O2. The maximum atomic E-state index is 12.6. The number of nitrogens with one attached hydrogen (secondary N) is 1. The van der Waals surface area contributed by atoms with Gasteiger partial charge in [-0.1, -0.05) is 27.7 Å². The van der Waals surface area contributed by atoms with E-state index in [4.69, 9.17) is 4.74 Å². The van der Waals surface area contributed by atoms with Gasteiger partial charge in [0.2, 0.25) is 5.91 Å². The Morgan fingerprint density at radius 3 is 2.37 bits per heavy atom. The number of hydrogen-bond acceptors (Lipinski definition) is 3. The van der Waals surface area contributed by atoms with Crippen molar-refractivity contribution in [3.63, 3.8) is 0 Å². The first kappa shape index (κ1) is 14.8. The summed E-state index contributed by atoms with van der Waals surface area (Å²) in [4.78, 5) is 14.7. The number of amides is 1. The Morgan fingerprint density at radius 1 is 1.26 bits per heavy atom. The number of carbonyl (C=O) groups is 1. The molecule has 4 nitrogen and oxygen atoms in total. The fourth-order valence-electron chi connectivity index (χ4n) is 3.17. The van der Waals surface area contributed by atoms with Crippen molar-refractivity contribution in [3.8, 4) is 0 Å². The van der Waals surface area contributed by atoms with Crippen LogP contribution >= 0.6 is 0 Å². The van der Waals surface area contributed by atoms with Gasteiger partial charge in [-0.3, -0.25) is 10.1 Å². The minimum atomic E-state index is -0.0152. The van der Waals surface area contributed by atoms with Crippen molar-refractivity contribution < 1.29 is 9.53 Å². The van der Waals surface area contributed by atoms with Crippen LogP contribution in [-0.4, -0.2) is 41.8 Å². The molecule has 2 rings (SSSR count). The van der Waals surface area contributed by atoms with E-state index in [2.05, 4.69) is 37.9 Å². The van der Waals surface area contributed by atoms with Gasteiger partial charge in [0.05, 0.1) is 18.3 Å². The molecule has 2 unspecified atom stereocenters. The normalized spacial score (nSPS) is 35.3. The van der Waals surface area contributed by atoms with E-state index >= 15 is 0 Å². The fraction of sp³-hybridized carbons (Fsp3) is 0.933. The molecule has 1 heterocycles. The van der Waals surface area contributed by atoms with Crippen LogP contribution in [0.1, 0.15) is 47.5 Å². The second kappa shape index (κ2) is 5.80. The van der Waals surface area contributed by atoms with Gasteiger partial charge in [0, 0.05) is 12.6 Å². The summed E-state index contributed by atoms with van der Waals surface area (Å²) in [5, 5.41) is 3.52. The molecule has 0 spiro atoms. The van der Waals surface area contributed by atoms with Crippen LogP contribution in [0.15, 0.2) is 0 Å². The second-order valence-corrected chi connectivity index (χ2v) is 6.53. The molecule has 1 aliphatic heterocycles. The quantitative estimate of drug-likeness (QED) is 0.829. The lowest BCUT2D eigenvalue weighted by atomic mass is 9.86. The Balaban J connectivity index is 2.03. The molecule has 4 heteroatoms. The molecule has 19 heavy (non-hydrogen) atoms. The Morgan fingerprint density at radius 2 is 1.89 bits per heavy atom. The van der Waals surface area contributed by atoms with Gasteiger partial charge in [-0.15, -0.1) is 0 Å². The number of nitrogens with zero attached hydrogens (tertiary/aromatic N) is 1. The van der Waals surface area contributed by atoms with Crippen LogP contribution in [0.4, 0.5) is 0 Å². The van der Waals surface area contributed by atoms with Gasteiger partial charge in [0.1, 0.15) is 0 Å². The van der Waals surface area contributed by atoms with E-state index in [1.54, 1.807) is 0 Å². The average Bonchev–Trinajstić information content (AvgIpc) is 2.61. The maximum absolute atomic E-state index is 12.6. The van der Waals surface area contributed by atoms with Crippen LogP contribution < -0.4 is 5.32 Å². The van der Waals surface area contributed by atoms with E-state index in [9.17, 15) is 4.79 Å². The lowest BCUT2D eigenvalue weighted by Crippen LogP contribution is -2.54. The van der Waals surface area contributed by atoms with Crippen molar-refractivity contribution in [2.24, 2.45) is 11.8 Å². The van der Waals surface area contributed by atoms with Crippen molar-refractivity contribution >= 4 is 5.91 Å². The highest BCUT2D eigenvalue weighted by atomic mass is 16.5. The topological polar surface area (TPSA) is 41.6 Å². The van der Waals surface area contributed by atoms with Gasteiger partial charge in [-0.05, 0) is 31.6 Å². The lowest BCUT2D eigenvalue weighted by Gasteiger charge is -2.44. The number of hydrogen-bond donors (Lipinski definition) is 1. The van der Waals surface area contributed by atoms with Gasteiger partial charge >= 0.3 is 0 Å². The molecule has 1 aliphatic carbocycles. The molecule has 0 radical (unpaired) electrons. The van der Waals surface area contributed by atoms with Crippen LogP contribution in [0.3, 0.4) is 0 Å². The van der Waals surface area contributed by atoms with Crippen molar-refractivity contribution in [1.82, 2.24) is 10.2 Å². The van der Waals surface area contributed by atoms with Crippen molar-refractivity contribution in [2.75, 3.05) is 6.61 Å². The highest BCUT2D eigenvalue weighted by molar-refractivity contribution is 5.85. The van der Waals surface area contributed by atoms with E-state index in [0.29, 0.717) is 24.0 Å². The number of carbonyl (C=O) groups excluding carboxylic acids is 1. The highest BCUT2D eigenvalue weighted by Crippen LogP contribution is 2.34. The van der Waals surface area contributed by atoms with Crippen LogP contribution in [0.5, 0.6) is 0 Å². The highest BCUT2D eigenvalue weighted by Gasteiger charge is 2.48. The Kier molecular flexibility index (Phi) is 4.51. The predicted octanol–water partition coefficient (Wildman–Crippen LogP) is 1.99. The zero-order valence-electron chi connectivity index (χ0n) is 12.8. The first-order valence-electron chi connectivity index (χ1n) is 7.65. The summed E-state index contributed by atoms with van der Waals surface area (Å²) in [5.41, 5.74) is 0. The SMILES string of the molecule is CCOC1CC(N2C(=O)C(C(C)C)NC2C(C)C)C1. The molecule has 1 N–H and O–H groups in total. The predicted molar refractivity (Wildman–Crippen MR) is 75.7 cm³/mol. The Hall–Kier alpha value is -0.610. The van der Waals surface area contributed by atoms with Crippen LogP contribution in [-0.2, 0) is 9.53 Å². The largest absolute Gasteiger partial charge is 0.378 e. The first-order chi connectivity index (χ1) is 8.95. The van der Waals surface area contributed by atoms with Gasteiger partial charge < -0.3 is 9.64 Å². The molecule has 2 aliphatic rings. The molecule has 1 saturated heterocycles. The minimum absolute atomic E-state index is 0.0152. The van der Waals surface area contributed by atoms with E-state index in [0.717, 1.165) is 19.4 Å². The molecule has 1 saturated carbocycles. The van der Waals surface area contributed by atoms with Crippen molar-refractivity contribution in [3.05, 3.63) is 0 Å². The summed E-state index contributed by atoms with van der Waals surface area (Å²) in [6, 6.07) is 0.353. The summed E-state index contributed by atoms with van der Waals surface area (Å²) in [6.45, 7) is 11.4. The van der Waals surface area contributed by atoms with Gasteiger partial charge in [-0.25, -0.2) is 0 Å². The van der Waals surface area contributed by atoms with Crippen LogP contribution in [0, 0.1) is 11.8 Å². The van der Waals surface area contributed by atoms with E-state index in [1.165, 1.54) is 0 Å². The molecule has 1 amide bonds. The zero-order chi connectivity index (χ0) is 14.2. The Bertz CT molecular complexity index is 324. The molecule has 110 valence electrons. The summed E-state index contributed by atoms with van der Waals surface area (Å²) < 4.78 is 5.61. The third-order valence-corrected chi connectivity index (χ3v) is 4.33. The summed E-state index contributed by atoms with van der Waals surface area (Å²) in [5.74, 6) is 1.08. The van der Waals surface area contributed by atoms with Crippen molar-refractivity contribution in [1.29, 1.82) is 0 Å². The Labute approximate surface area is 116 Å².